The van der Waals surface area contributed by atoms with E-state index in [-0.39, 0.29) is 11.8 Å². The number of likely N-dealkylation sites (tertiary alicyclic amines) is 1. The highest BCUT2D eigenvalue weighted by Gasteiger charge is 2.29. The Labute approximate surface area is 123 Å². The molecule has 0 radical (unpaired) electrons. The minimum Gasteiger partial charge on any atom is -0.391 e. The molecule has 110 valence electrons. The number of hydrogen-bond donors (Lipinski definition) is 1. The average Bonchev–Trinajstić information content (AvgIpc) is 3.00. The molecule has 0 saturated carbocycles. The number of carbonyl (C=O) groups excluding carboxylic acids is 1. The summed E-state index contributed by atoms with van der Waals surface area (Å²) < 4.78 is 0. The van der Waals surface area contributed by atoms with Gasteiger partial charge in [0.15, 0.2) is 5.69 Å². The van der Waals surface area contributed by atoms with Gasteiger partial charge in [-0.2, -0.15) is 9.90 Å². The van der Waals surface area contributed by atoms with Crippen LogP contribution in [0.25, 0.3) is 5.69 Å². The van der Waals surface area contributed by atoms with Crippen LogP contribution >= 0.6 is 0 Å². The monoisotopic (exact) mass is 286 g/mol. The first kappa shape index (κ1) is 13.8. The Morgan fingerprint density at radius 1 is 1.33 bits per heavy atom. The zero-order valence-electron chi connectivity index (χ0n) is 11.9. The second-order valence-electron chi connectivity index (χ2n) is 5.44. The van der Waals surface area contributed by atoms with Crippen LogP contribution in [0.2, 0.25) is 0 Å². The molecule has 1 aromatic carbocycles. The van der Waals surface area contributed by atoms with Crippen LogP contribution in [0.15, 0.2) is 36.5 Å². The Morgan fingerprint density at radius 2 is 2.10 bits per heavy atom. The number of piperidine rings is 1. The summed E-state index contributed by atoms with van der Waals surface area (Å²) in [6.45, 7) is 3.01. The quantitative estimate of drug-likeness (QED) is 0.897. The molecule has 0 spiro atoms. The fourth-order valence-electron chi connectivity index (χ4n) is 2.44. The summed E-state index contributed by atoms with van der Waals surface area (Å²) in [5.74, 6) is 0.0529. The summed E-state index contributed by atoms with van der Waals surface area (Å²) in [5.41, 5.74) is 1.12. The van der Waals surface area contributed by atoms with Crippen molar-refractivity contribution in [3.63, 3.8) is 0 Å². The number of β-amino-alcohol motifs (C(OH)–C–C–N with tert-alkyl or cyclic N) is 1. The Balaban J connectivity index is 1.76. The Kier molecular flexibility index (Phi) is 3.70. The molecular formula is C15H18N4O2. The predicted molar refractivity (Wildman–Crippen MR) is 77.1 cm³/mol. The van der Waals surface area contributed by atoms with Crippen LogP contribution in [-0.4, -0.2) is 50.1 Å². The number of benzene rings is 1. The standard InChI is InChI=1S/C15H18N4O2/c1-11-7-8-18(10-14(11)20)15(21)13-9-16-19(17-13)12-5-3-2-4-6-12/h2-6,9,11,14,20H,7-8,10H2,1H3. The normalized spacial score (nSPS) is 22.3. The first-order valence-corrected chi connectivity index (χ1v) is 7.10. The topological polar surface area (TPSA) is 71.2 Å². The lowest BCUT2D eigenvalue weighted by Crippen LogP contribution is -2.45. The van der Waals surface area contributed by atoms with E-state index in [0.29, 0.717) is 18.8 Å². The lowest BCUT2D eigenvalue weighted by molar-refractivity contribution is 0.0245. The van der Waals surface area contributed by atoms with E-state index in [9.17, 15) is 9.90 Å². The molecule has 6 nitrogen and oxygen atoms in total. The molecule has 21 heavy (non-hydrogen) atoms. The van der Waals surface area contributed by atoms with Gasteiger partial charge in [0.1, 0.15) is 0 Å². The maximum atomic E-state index is 12.4. The van der Waals surface area contributed by atoms with Crippen molar-refractivity contribution in [3.8, 4) is 5.69 Å². The van der Waals surface area contributed by atoms with Crippen LogP contribution in [0.4, 0.5) is 0 Å². The molecule has 0 aliphatic carbocycles. The summed E-state index contributed by atoms with van der Waals surface area (Å²) in [4.78, 5) is 15.5. The lowest BCUT2D eigenvalue weighted by atomic mass is 9.96. The van der Waals surface area contributed by atoms with Gasteiger partial charge in [0.2, 0.25) is 0 Å². The molecule has 1 fully saturated rings. The molecule has 1 aliphatic heterocycles. The number of rotatable bonds is 2. The van der Waals surface area contributed by atoms with Crippen molar-refractivity contribution in [1.29, 1.82) is 0 Å². The van der Waals surface area contributed by atoms with E-state index in [1.54, 1.807) is 4.90 Å². The van der Waals surface area contributed by atoms with Gasteiger partial charge in [-0.05, 0) is 24.5 Å². The molecule has 1 saturated heterocycles. The molecule has 2 unspecified atom stereocenters. The molecule has 2 aromatic rings. The summed E-state index contributed by atoms with van der Waals surface area (Å²) in [6.07, 6.45) is 1.81. The van der Waals surface area contributed by atoms with Gasteiger partial charge in [-0.1, -0.05) is 25.1 Å². The maximum absolute atomic E-state index is 12.4. The number of para-hydroxylation sites is 1. The molecule has 3 rings (SSSR count). The fraction of sp³-hybridized carbons (Fsp3) is 0.400. The van der Waals surface area contributed by atoms with Crippen LogP contribution in [-0.2, 0) is 0 Å². The van der Waals surface area contributed by atoms with E-state index < -0.39 is 6.10 Å². The van der Waals surface area contributed by atoms with E-state index in [0.717, 1.165) is 12.1 Å². The largest absolute Gasteiger partial charge is 0.391 e. The van der Waals surface area contributed by atoms with E-state index >= 15 is 0 Å². The third kappa shape index (κ3) is 2.80. The second-order valence-corrected chi connectivity index (χ2v) is 5.44. The second kappa shape index (κ2) is 5.65. The van der Waals surface area contributed by atoms with Crippen molar-refractivity contribution in [1.82, 2.24) is 19.9 Å². The minimum absolute atomic E-state index is 0.178. The molecule has 2 heterocycles. The summed E-state index contributed by atoms with van der Waals surface area (Å²) in [6, 6.07) is 9.45. The van der Waals surface area contributed by atoms with Gasteiger partial charge in [-0.15, -0.1) is 5.10 Å². The summed E-state index contributed by atoms with van der Waals surface area (Å²) in [5, 5.41) is 18.3. The van der Waals surface area contributed by atoms with Gasteiger partial charge in [0, 0.05) is 13.1 Å². The first-order chi connectivity index (χ1) is 10.1. The van der Waals surface area contributed by atoms with Gasteiger partial charge in [-0.25, -0.2) is 0 Å². The zero-order chi connectivity index (χ0) is 14.8. The highest BCUT2D eigenvalue weighted by atomic mass is 16.3. The van der Waals surface area contributed by atoms with Crippen LogP contribution in [0.1, 0.15) is 23.8 Å². The molecule has 1 amide bonds. The molecule has 1 aromatic heterocycles. The molecule has 1 N–H and O–H groups in total. The minimum atomic E-state index is -0.466. The van der Waals surface area contributed by atoms with Gasteiger partial charge in [0.25, 0.3) is 5.91 Å². The highest BCUT2D eigenvalue weighted by molar-refractivity contribution is 5.92. The number of hydrogen-bond acceptors (Lipinski definition) is 4. The Morgan fingerprint density at radius 3 is 2.81 bits per heavy atom. The number of nitrogens with zero attached hydrogens (tertiary/aromatic N) is 4. The van der Waals surface area contributed by atoms with Crippen LogP contribution in [0.5, 0.6) is 0 Å². The van der Waals surface area contributed by atoms with E-state index in [1.807, 2.05) is 37.3 Å². The van der Waals surface area contributed by atoms with Crippen molar-refractivity contribution in [2.75, 3.05) is 13.1 Å². The number of amides is 1. The molecule has 0 bridgehead atoms. The number of aromatic nitrogens is 3. The lowest BCUT2D eigenvalue weighted by Gasteiger charge is -2.33. The zero-order valence-corrected chi connectivity index (χ0v) is 11.9. The first-order valence-electron chi connectivity index (χ1n) is 7.10. The number of aliphatic hydroxyl groups is 1. The van der Waals surface area contributed by atoms with Crippen molar-refractivity contribution >= 4 is 5.91 Å². The SMILES string of the molecule is CC1CCN(C(=O)c2cnn(-c3ccccc3)n2)CC1O. The van der Waals surface area contributed by atoms with Gasteiger partial charge >= 0.3 is 0 Å². The van der Waals surface area contributed by atoms with E-state index in [1.165, 1.54) is 11.0 Å². The van der Waals surface area contributed by atoms with Gasteiger partial charge in [0.05, 0.1) is 18.0 Å². The van der Waals surface area contributed by atoms with Crippen molar-refractivity contribution in [2.24, 2.45) is 5.92 Å². The van der Waals surface area contributed by atoms with Crippen molar-refractivity contribution < 1.29 is 9.90 Å². The summed E-state index contributed by atoms with van der Waals surface area (Å²) in [7, 11) is 0. The van der Waals surface area contributed by atoms with E-state index in [2.05, 4.69) is 10.2 Å². The average molecular weight is 286 g/mol. The smallest absolute Gasteiger partial charge is 0.276 e. The van der Waals surface area contributed by atoms with Crippen LogP contribution in [0.3, 0.4) is 0 Å². The molecule has 2 atom stereocenters. The number of aliphatic hydroxyl groups excluding tert-OH is 1. The Bertz CT molecular complexity index is 626. The van der Waals surface area contributed by atoms with E-state index in [4.69, 9.17) is 0 Å². The third-order valence-corrected chi connectivity index (χ3v) is 3.90. The predicted octanol–water partition coefficient (Wildman–Crippen LogP) is 1.11. The molecular weight excluding hydrogens is 268 g/mol. The van der Waals surface area contributed by atoms with Gasteiger partial charge in [-0.3, -0.25) is 4.79 Å². The Hall–Kier alpha value is -2.21. The summed E-state index contributed by atoms with van der Waals surface area (Å²) >= 11 is 0. The highest BCUT2D eigenvalue weighted by Crippen LogP contribution is 2.18. The van der Waals surface area contributed by atoms with Crippen molar-refractivity contribution in [2.45, 2.75) is 19.4 Å². The van der Waals surface area contributed by atoms with Crippen LogP contribution < -0.4 is 0 Å². The maximum Gasteiger partial charge on any atom is 0.276 e. The van der Waals surface area contributed by atoms with Crippen molar-refractivity contribution in [3.05, 3.63) is 42.2 Å². The van der Waals surface area contributed by atoms with Crippen LogP contribution in [0, 0.1) is 5.92 Å². The third-order valence-electron chi connectivity index (χ3n) is 3.90. The number of carbonyl (C=O) groups is 1. The van der Waals surface area contributed by atoms with Gasteiger partial charge < -0.3 is 10.0 Å². The molecule has 1 aliphatic rings. The fourth-order valence-corrected chi connectivity index (χ4v) is 2.44. The molecule has 6 heteroatoms.